The quantitative estimate of drug-likeness (QED) is 0.663. The van der Waals surface area contributed by atoms with Gasteiger partial charge in [-0.3, -0.25) is 0 Å². The molecule has 0 radical (unpaired) electrons. The molecule has 0 fully saturated rings. The maximum atomic E-state index is 11.6. The summed E-state index contributed by atoms with van der Waals surface area (Å²) in [6.45, 7) is -2.66. The lowest BCUT2D eigenvalue weighted by atomic mass is 10.2. The Morgan fingerprint density at radius 2 is 1.36 bits per heavy atom. The van der Waals surface area contributed by atoms with Gasteiger partial charge in [0.25, 0.3) is 6.17 Å². The molecule has 8 heteroatoms. The third kappa shape index (κ3) is 6.01. The number of hydrogen-bond acceptors (Lipinski definition) is 1. The van der Waals surface area contributed by atoms with E-state index in [2.05, 4.69) is 4.74 Å². The normalized spacial score (nSPS) is 14.4. The van der Waals surface area contributed by atoms with Gasteiger partial charge in [-0.1, -0.05) is 0 Å². The molecule has 0 aliphatic rings. The van der Waals surface area contributed by atoms with Crippen molar-refractivity contribution in [1.29, 1.82) is 0 Å². The summed E-state index contributed by atoms with van der Waals surface area (Å²) in [5, 5.41) is 0. The van der Waals surface area contributed by atoms with E-state index < -0.39 is 24.9 Å². The molecule has 1 atom stereocenters. The molecule has 0 saturated heterocycles. The molecule has 0 N–H and O–H groups in total. The Balaban J connectivity index is 0. The van der Waals surface area contributed by atoms with Gasteiger partial charge in [-0.2, -0.15) is 13.2 Å². The van der Waals surface area contributed by atoms with Crippen molar-refractivity contribution in [3.05, 3.63) is 0 Å². The molecule has 1 nitrogen and oxygen atoms in total. The first-order valence-electron chi connectivity index (χ1n) is 3.18. The van der Waals surface area contributed by atoms with Crippen molar-refractivity contribution in [1.82, 2.24) is 0 Å². The number of methoxy groups -OCH3 is 1. The second kappa shape index (κ2) is 6.05. The third-order valence-corrected chi connectivity index (χ3v) is 0.836. The molecule has 0 aliphatic carbocycles. The first-order valence-corrected chi connectivity index (χ1v) is 3.18. The van der Waals surface area contributed by atoms with Gasteiger partial charge in [-0.25, -0.2) is 17.6 Å². The average Bonchev–Trinajstić information content (AvgIpc) is 2.03. The summed E-state index contributed by atoms with van der Waals surface area (Å²) in [4.78, 5) is 0. The highest BCUT2D eigenvalue weighted by atomic mass is 19.4. The van der Waals surface area contributed by atoms with E-state index in [4.69, 9.17) is 0 Å². The molecule has 88 valence electrons. The van der Waals surface area contributed by atoms with Gasteiger partial charge in [-0.05, 0) is 0 Å². The molecule has 0 aromatic heterocycles. The van der Waals surface area contributed by atoms with Crippen molar-refractivity contribution >= 4 is 0 Å². The van der Waals surface area contributed by atoms with Gasteiger partial charge in [0.1, 0.15) is 0 Å². The first kappa shape index (κ1) is 15.9. The molecule has 0 spiro atoms. The van der Waals surface area contributed by atoms with Crippen LogP contribution >= 0.6 is 0 Å². The zero-order chi connectivity index (χ0) is 12.0. The summed E-state index contributed by atoms with van der Waals surface area (Å²) in [6.07, 6.45) is -10.1. The molecule has 0 aromatic rings. The maximum Gasteiger partial charge on any atom is 0.425 e. The van der Waals surface area contributed by atoms with Gasteiger partial charge in [-0.15, -0.1) is 0 Å². The fourth-order valence-corrected chi connectivity index (χ4v) is 0.307. The second-order valence-corrected chi connectivity index (χ2v) is 2.21. The van der Waals surface area contributed by atoms with Crippen molar-refractivity contribution in [2.45, 2.75) is 18.3 Å². The third-order valence-electron chi connectivity index (χ3n) is 0.836. The van der Waals surface area contributed by atoms with Crippen LogP contribution < -0.4 is 0 Å². The zero-order valence-corrected chi connectivity index (χ0v) is 7.34. The monoisotopic (exact) mass is 230 g/mol. The van der Waals surface area contributed by atoms with E-state index in [1.54, 1.807) is 14.2 Å². The highest BCUT2D eigenvalue weighted by molar-refractivity contribution is 4.81. The Morgan fingerprint density at radius 3 is 1.43 bits per heavy atom. The topological polar surface area (TPSA) is 9.23 Å². The molecule has 0 saturated carbocycles. The van der Waals surface area contributed by atoms with Crippen molar-refractivity contribution < 1.29 is 35.5 Å². The fraction of sp³-hybridized carbons (Fsp3) is 1.00. The molecule has 14 heavy (non-hydrogen) atoms. The minimum absolute atomic E-state index is 1.62. The second-order valence-electron chi connectivity index (χ2n) is 2.21. The van der Waals surface area contributed by atoms with Crippen LogP contribution in [-0.2, 0) is 4.74 Å². The van der Waals surface area contributed by atoms with Crippen molar-refractivity contribution in [3.63, 3.8) is 0 Å². The highest BCUT2D eigenvalue weighted by Crippen LogP contribution is 2.34. The fourth-order valence-electron chi connectivity index (χ4n) is 0.307. The van der Waals surface area contributed by atoms with E-state index in [-0.39, 0.29) is 0 Å². The lowest BCUT2D eigenvalue weighted by Crippen LogP contribution is -2.43. The Labute approximate surface area is 75.8 Å². The summed E-state index contributed by atoms with van der Waals surface area (Å²) in [7, 11) is 3.25. The van der Waals surface area contributed by atoms with Gasteiger partial charge in [0.05, 0.1) is 0 Å². The summed E-state index contributed by atoms with van der Waals surface area (Å²) in [5.41, 5.74) is 0. The molecule has 0 rings (SSSR count). The largest absolute Gasteiger partial charge is 0.425 e. The first-order chi connectivity index (χ1) is 6.13. The Kier molecular flexibility index (Phi) is 6.88. The van der Waals surface area contributed by atoms with Crippen LogP contribution in [0.25, 0.3) is 0 Å². The van der Waals surface area contributed by atoms with E-state index in [1.165, 1.54) is 0 Å². The minimum atomic E-state index is -5.71. The summed E-state index contributed by atoms with van der Waals surface area (Å²) >= 11 is 0. The summed E-state index contributed by atoms with van der Waals surface area (Å²) < 4.78 is 83.4. The van der Waals surface area contributed by atoms with Crippen molar-refractivity contribution in [2.24, 2.45) is 0 Å². The SMILES string of the molecule is COC.FCC(F)(F)C(F)C(F)(F)F. The number of halogens is 7. The minimum Gasteiger partial charge on any atom is -0.388 e. The number of alkyl halides is 7. The molecule has 0 aromatic carbocycles. The van der Waals surface area contributed by atoms with Gasteiger partial charge in [0.2, 0.25) is 0 Å². The van der Waals surface area contributed by atoms with E-state index in [9.17, 15) is 30.7 Å². The lowest BCUT2D eigenvalue weighted by molar-refractivity contribution is -0.247. The number of hydrogen-bond donors (Lipinski definition) is 0. The van der Waals surface area contributed by atoms with E-state index in [0.717, 1.165) is 0 Å². The molecular formula is C6H9F7O. The van der Waals surface area contributed by atoms with Gasteiger partial charge >= 0.3 is 12.1 Å². The van der Waals surface area contributed by atoms with Crippen LogP contribution in [0.1, 0.15) is 0 Å². The Morgan fingerprint density at radius 1 is 1.07 bits per heavy atom. The summed E-state index contributed by atoms with van der Waals surface area (Å²) in [6, 6.07) is 0. The molecule has 0 amide bonds. The molecule has 1 unspecified atom stereocenters. The molecule has 0 heterocycles. The molecule has 0 bridgehead atoms. The van der Waals surface area contributed by atoms with Crippen LogP contribution in [-0.4, -0.2) is 39.2 Å². The Hall–Kier alpha value is -0.530. The highest BCUT2D eigenvalue weighted by Gasteiger charge is 2.56. The molecular weight excluding hydrogens is 221 g/mol. The maximum absolute atomic E-state index is 11.6. The van der Waals surface area contributed by atoms with Crippen LogP contribution in [0.3, 0.4) is 0 Å². The predicted octanol–water partition coefficient (Wildman–Crippen LogP) is 2.75. The van der Waals surface area contributed by atoms with E-state index in [0.29, 0.717) is 0 Å². The Bertz CT molecular complexity index is 144. The predicted molar refractivity (Wildman–Crippen MR) is 34.8 cm³/mol. The van der Waals surface area contributed by atoms with Gasteiger partial charge in [0.15, 0.2) is 6.67 Å². The van der Waals surface area contributed by atoms with E-state index in [1.807, 2.05) is 0 Å². The van der Waals surface area contributed by atoms with Gasteiger partial charge < -0.3 is 4.74 Å². The van der Waals surface area contributed by atoms with Crippen LogP contribution in [0.2, 0.25) is 0 Å². The number of ether oxygens (including phenoxy) is 1. The zero-order valence-electron chi connectivity index (χ0n) is 7.34. The lowest BCUT2D eigenvalue weighted by Gasteiger charge is -2.19. The van der Waals surface area contributed by atoms with Crippen molar-refractivity contribution in [3.8, 4) is 0 Å². The average molecular weight is 230 g/mol. The molecule has 0 aliphatic heterocycles. The summed E-state index contributed by atoms with van der Waals surface area (Å²) in [5.74, 6) is -4.97. The smallest absolute Gasteiger partial charge is 0.388 e. The van der Waals surface area contributed by atoms with Crippen LogP contribution in [0.15, 0.2) is 0 Å². The number of rotatable bonds is 2. The van der Waals surface area contributed by atoms with Crippen LogP contribution in [0, 0.1) is 0 Å². The van der Waals surface area contributed by atoms with Crippen LogP contribution in [0.4, 0.5) is 30.7 Å². The van der Waals surface area contributed by atoms with Crippen LogP contribution in [0.5, 0.6) is 0 Å². The van der Waals surface area contributed by atoms with Crippen molar-refractivity contribution in [2.75, 3.05) is 20.9 Å². The van der Waals surface area contributed by atoms with Gasteiger partial charge in [0, 0.05) is 14.2 Å². The van der Waals surface area contributed by atoms with E-state index >= 15 is 0 Å². The standard InChI is InChI=1S/C4H3F7.C2H6O/c5-1-3(7,8)2(6)4(9,10)11;1-3-2/h2H,1H2;1-2H3.